The van der Waals surface area contributed by atoms with Crippen LogP contribution in [0.1, 0.15) is 36.4 Å². The molecule has 2 aromatic rings. The molecular formula is C17H15Cl6N3O2. The maximum absolute atomic E-state index is 5.87. The number of ether oxygens (including phenoxy) is 2. The Labute approximate surface area is 192 Å². The van der Waals surface area contributed by atoms with Crippen LogP contribution < -0.4 is 9.47 Å². The molecule has 0 unspecified atom stereocenters. The van der Waals surface area contributed by atoms with Gasteiger partial charge in [-0.1, -0.05) is 88.7 Å². The number of alkyl halides is 6. The van der Waals surface area contributed by atoms with Crippen molar-refractivity contribution in [2.75, 3.05) is 13.7 Å². The van der Waals surface area contributed by atoms with Crippen LogP contribution in [0.2, 0.25) is 0 Å². The van der Waals surface area contributed by atoms with E-state index in [9.17, 15) is 0 Å². The molecule has 0 aliphatic heterocycles. The van der Waals surface area contributed by atoms with Crippen molar-refractivity contribution >= 4 is 81.8 Å². The summed E-state index contributed by atoms with van der Waals surface area (Å²) in [5.74, 6) is 1.09. The van der Waals surface area contributed by atoms with E-state index in [1.165, 1.54) is 0 Å². The third-order valence-electron chi connectivity index (χ3n) is 3.23. The molecular weight excluding hydrogens is 491 g/mol. The fourth-order valence-corrected chi connectivity index (χ4v) is 2.52. The SMILES string of the molecule is CCCOc1cc(/C=C/c2nc(C(Cl)(Cl)Cl)nc(C(Cl)(Cl)Cl)n2)ccc1OC. The molecule has 0 spiro atoms. The molecule has 28 heavy (non-hydrogen) atoms. The van der Waals surface area contributed by atoms with Gasteiger partial charge in [0.2, 0.25) is 7.59 Å². The number of aromatic nitrogens is 3. The van der Waals surface area contributed by atoms with E-state index in [1.54, 1.807) is 25.3 Å². The second-order valence-electron chi connectivity index (χ2n) is 5.43. The predicted octanol–water partition coefficient (Wildman–Crippen LogP) is 6.49. The first kappa shape index (κ1) is 23.6. The predicted molar refractivity (Wildman–Crippen MR) is 116 cm³/mol. The zero-order valence-electron chi connectivity index (χ0n) is 14.7. The second kappa shape index (κ2) is 9.88. The van der Waals surface area contributed by atoms with Gasteiger partial charge in [-0.25, -0.2) is 15.0 Å². The maximum atomic E-state index is 5.87. The number of nitrogens with zero attached hydrogens (tertiary/aromatic N) is 3. The summed E-state index contributed by atoms with van der Waals surface area (Å²) in [6.07, 6.45) is 4.18. The molecule has 0 bridgehead atoms. The molecule has 2 rings (SSSR count). The van der Waals surface area contributed by atoms with Gasteiger partial charge in [0, 0.05) is 0 Å². The molecule has 0 aliphatic carbocycles. The topological polar surface area (TPSA) is 57.1 Å². The lowest BCUT2D eigenvalue weighted by Crippen LogP contribution is -2.16. The van der Waals surface area contributed by atoms with E-state index in [4.69, 9.17) is 79.1 Å². The Morgan fingerprint density at radius 3 is 2.00 bits per heavy atom. The highest BCUT2D eigenvalue weighted by Crippen LogP contribution is 2.40. The van der Waals surface area contributed by atoms with Crippen LogP contribution in [0.4, 0.5) is 0 Å². The Balaban J connectivity index is 2.40. The number of methoxy groups -OCH3 is 1. The monoisotopic (exact) mass is 503 g/mol. The number of hydrogen-bond donors (Lipinski definition) is 0. The molecule has 152 valence electrons. The van der Waals surface area contributed by atoms with Gasteiger partial charge >= 0.3 is 0 Å². The standard InChI is InChI=1S/C17H15Cl6N3O2/c1-3-8-28-12-9-10(4-6-11(12)27-2)5-7-13-24-14(16(18,19)20)26-15(25-13)17(21,22)23/h4-7,9H,3,8H2,1-2H3/b7-5+. The van der Waals surface area contributed by atoms with Crippen LogP contribution in [0.3, 0.4) is 0 Å². The Bertz CT molecular complexity index is 818. The van der Waals surface area contributed by atoms with Crippen molar-refractivity contribution in [2.24, 2.45) is 0 Å². The summed E-state index contributed by atoms with van der Waals surface area (Å²) in [5, 5.41) is 0. The average Bonchev–Trinajstić information content (AvgIpc) is 2.63. The van der Waals surface area contributed by atoms with Gasteiger partial charge < -0.3 is 9.47 Å². The summed E-state index contributed by atoms with van der Waals surface area (Å²) in [7, 11) is 1.57. The molecule has 0 aliphatic rings. The second-order valence-corrected chi connectivity index (χ2v) is 9.99. The van der Waals surface area contributed by atoms with E-state index in [2.05, 4.69) is 15.0 Å². The normalized spacial score (nSPS) is 12.4. The van der Waals surface area contributed by atoms with Crippen molar-refractivity contribution < 1.29 is 9.47 Å². The minimum Gasteiger partial charge on any atom is -0.493 e. The third kappa shape index (κ3) is 6.68. The van der Waals surface area contributed by atoms with Crippen molar-refractivity contribution in [3.05, 3.63) is 41.2 Å². The zero-order valence-corrected chi connectivity index (χ0v) is 19.3. The highest BCUT2D eigenvalue weighted by molar-refractivity contribution is 6.67. The van der Waals surface area contributed by atoms with Gasteiger partial charge in [0.25, 0.3) is 0 Å². The van der Waals surface area contributed by atoms with Gasteiger partial charge in [-0.3, -0.25) is 0 Å². The lowest BCUT2D eigenvalue weighted by atomic mass is 10.2. The van der Waals surface area contributed by atoms with Crippen molar-refractivity contribution in [2.45, 2.75) is 20.9 Å². The molecule has 1 aromatic carbocycles. The summed E-state index contributed by atoms with van der Waals surface area (Å²) in [5.41, 5.74) is 0.804. The van der Waals surface area contributed by atoms with Gasteiger partial charge in [-0.2, -0.15) is 0 Å². The Hall–Kier alpha value is -0.690. The van der Waals surface area contributed by atoms with Crippen LogP contribution in [0.25, 0.3) is 12.2 Å². The minimum atomic E-state index is -1.91. The van der Waals surface area contributed by atoms with E-state index in [0.717, 1.165) is 12.0 Å². The van der Waals surface area contributed by atoms with Crippen LogP contribution in [-0.4, -0.2) is 28.7 Å². The summed E-state index contributed by atoms with van der Waals surface area (Å²) < 4.78 is 7.18. The van der Waals surface area contributed by atoms with Crippen LogP contribution >= 0.6 is 69.6 Å². The lowest BCUT2D eigenvalue weighted by molar-refractivity contribution is 0.294. The summed E-state index contributed by atoms with van der Waals surface area (Å²) >= 11 is 35.2. The number of rotatable bonds is 6. The van der Waals surface area contributed by atoms with Crippen molar-refractivity contribution in [3.8, 4) is 11.5 Å². The summed E-state index contributed by atoms with van der Waals surface area (Å²) in [4.78, 5) is 12.1. The molecule has 0 N–H and O–H groups in total. The van der Waals surface area contributed by atoms with Crippen molar-refractivity contribution in [1.82, 2.24) is 15.0 Å². The lowest BCUT2D eigenvalue weighted by Gasteiger charge is -2.14. The van der Waals surface area contributed by atoms with E-state index < -0.39 is 7.59 Å². The Kier molecular flexibility index (Phi) is 8.32. The number of benzene rings is 1. The highest BCUT2D eigenvalue weighted by Gasteiger charge is 2.33. The number of halogens is 6. The summed E-state index contributed by atoms with van der Waals surface area (Å²) in [6.45, 7) is 2.58. The van der Waals surface area contributed by atoms with E-state index >= 15 is 0 Å². The molecule has 1 heterocycles. The van der Waals surface area contributed by atoms with Gasteiger partial charge in [-0.15, -0.1) is 0 Å². The average molecular weight is 506 g/mol. The third-order valence-corrected chi connectivity index (χ3v) is 4.25. The minimum absolute atomic E-state index is 0.157. The van der Waals surface area contributed by atoms with Gasteiger partial charge in [0.15, 0.2) is 29.0 Å². The quantitative estimate of drug-likeness (QED) is 0.420. The zero-order chi connectivity index (χ0) is 20.9. The van der Waals surface area contributed by atoms with Crippen LogP contribution in [0, 0.1) is 0 Å². The van der Waals surface area contributed by atoms with E-state index in [0.29, 0.717) is 18.1 Å². The fraction of sp³-hybridized carbons (Fsp3) is 0.353. The van der Waals surface area contributed by atoms with E-state index in [-0.39, 0.29) is 17.5 Å². The molecule has 0 amide bonds. The fourth-order valence-electron chi connectivity index (χ4n) is 2.01. The van der Waals surface area contributed by atoms with Gasteiger partial charge in [0.1, 0.15) is 0 Å². The van der Waals surface area contributed by atoms with Gasteiger partial charge in [0.05, 0.1) is 13.7 Å². The highest BCUT2D eigenvalue weighted by atomic mass is 35.6. The molecule has 0 fully saturated rings. The van der Waals surface area contributed by atoms with Crippen LogP contribution in [0.15, 0.2) is 18.2 Å². The summed E-state index contributed by atoms with van der Waals surface area (Å²) in [6, 6.07) is 5.44. The van der Waals surface area contributed by atoms with Crippen molar-refractivity contribution in [1.29, 1.82) is 0 Å². The molecule has 0 saturated carbocycles. The Morgan fingerprint density at radius 2 is 1.50 bits per heavy atom. The number of hydrogen-bond acceptors (Lipinski definition) is 5. The van der Waals surface area contributed by atoms with Gasteiger partial charge in [-0.05, 0) is 30.2 Å². The molecule has 0 radical (unpaired) electrons. The first-order chi connectivity index (χ1) is 13.0. The maximum Gasteiger partial charge on any atom is 0.250 e. The van der Waals surface area contributed by atoms with Crippen molar-refractivity contribution in [3.63, 3.8) is 0 Å². The van der Waals surface area contributed by atoms with E-state index in [1.807, 2.05) is 19.1 Å². The molecule has 0 atom stereocenters. The van der Waals surface area contributed by atoms with Crippen LogP contribution in [-0.2, 0) is 7.59 Å². The largest absolute Gasteiger partial charge is 0.493 e. The molecule has 1 aromatic heterocycles. The first-order valence-electron chi connectivity index (χ1n) is 7.94. The smallest absolute Gasteiger partial charge is 0.250 e. The molecule has 0 saturated heterocycles. The molecule has 11 heteroatoms. The molecule has 5 nitrogen and oxygen atoms in total. The van der Waals surface area contributed by atoms with Crippen LogP contribution in [0.5, 0.6) is 11.5 Å². The Morgan fingerprint density at radius 1 is 0.893 bits per heavy atom. The first-order valence-corrected chi connectivity index (χ1v) is 10.2.